The Morgan fingerprint density at radius 1 is 0.894 bits per heavy atom. The molecule has 258 valence electrons. The van der Waals surface area contributed by atoms with Crippen LogP contribution < -0.4 is 9.17 Å². The number of H-pyrrole nitrogens is 1. The first-order chi connectivity index (χ1) is 21.3. The van der Waals surface area contributed by atoms with Gasteiger partial charge in [-0.3, -0.25) is 4.79 Å². The Kier molecular flexibility index (Phi) is 9.32. The van der Waals surface area contributed by atoms with Gasteiger partial charge in [-0.25, -0.2) is 30.6 Å². The third-order valence-electron chi connectivity index (χ3n) is 7.61. The molecule has 2 aromatic heterocycles. The van der Waals surface area contributed by atoms with E-state index in [1.807, 2.05) is 0 Å². The summed E-state index contributed by atoms with van der Waals surface area (Å²) in [5, 5.41) is 0.0277. The highest BCUT2D eigenvalue weighted by atomic mass is 32.3. The Morgan fingerprint density at radius 2 is 1.40 bits per heavy atom. The lowest BCUT2D eigenvalue weighted by molar-refractivity contribution is -0.130. The van der Waals surface area contributed by atoms with Gasteiger partial charge in [-0.2, -0.15) is 30.1 Å². The smallest absolute Gasteiger partial charge is 0.399 e. The molecule has 10 nitrogen and oxygen atoms in total. The minimum absolute atomic E-state index is 0.0277. The third kappa shape index (κ3) is 7.57. The number of rotatable bonds is 10. The SMILES string of the molecule is CC1(C)OB(c2cnc3[nH]cc(C(=O)c4ccc(F)c(N(S(=O)(=O)CCC(F)(F)F)S(=O)(=O)CCC(F)(F)F)c4F)c3c2)OC1(C)C. The van der Waals surface area contributed by atoms with Crippen LogP contribution in [0.5, 0.6) is 0 Å². The molecule has 47 heavy (non-hydrogen) atoms. The zero-order valence-electron chi connectivity index (χ0n) is 24.9. The number of nitrogens with one attached hydrogen (secondary N) is 1. The zero-order valence-corrected chi connectivity index (χ0v) is 26.5. The second kappa shape index (κ2) is 12.0. The van der Waals surface area contributed by atoms with Crippen molar-refractivity contribution in [2.75, 3.05) is 15.2 Å². The Hall–Kier alpha value is -3.30. The molecule has 0 saturated carbocycles. The van der Waals surface area contributed by atoms with Crippen LogP contribution >= 0.6 is 0 Å². The van der Waals surface area contributed by atoms with Crippen LogP contribution in [0.3, 0.4) is 0 Å². The second-order valence-corrected chi connectivity index (χ2v) is 15.7. The zero-order chi connectivity index (χ0) is 35.5. The fourth-order valence-corrected chi connectivity index (χ4v) is 8.48. The Bertz CT molecular complexity index is 1860. The van der Waals surface area contributed by atoms with Gasteiger partial charge >= 0.3 is 19.5 Å². The average molecular weight is 719 g/mol. The third-order valence-corrected chi connectivity index (χ3v) is 11.8. The highest BCUT2D eigenvalue weighted by molar-refractivity contribution is 8.10. The molecule has 1 aliphatic heterocycles. The number of sulfonamides is 2. The number of alkyl halides is 6. The van der Waals surface area contributed by atoms with E-state index in [1.165, 1.54) is 12.3 Å². The van der Waals surface area contributed by atoms with E-state index in [2.05, 4.69) is 9.97 Å². The van der Waals surface area contributed by atoms with Crippen LogP contribution in [0.1, 0.15) is 56.5 Å². The molecular formula is C26H26BF8N3O7S2. The number of aromatic amines is 1. The van der Waals surface area contributed by atoms with E-state index in [4.69, 9.17) is 9.31 Å². The number of pyridine rings is 1. The second-order valence-electron chi connectivity index (χ2n) is 11.6. The number of halogens is 8. The van der Waals surface area contributed by atoms with Crippen molar-refractivity contribution in [1.82, 2.24) is 9.97 Å². The van der Waals surface area contributed by atoms with Gasteiger partial charge < -0.3 is 14.3 Å². The summed E-state index contributed by atoms with van der Waals surface area (Å²) in [6.45, 7) is 7.09. The number of ketones is 1. The van der Waals surface area contributed by atoms with Crippen molar-refractivity contribution in [2.24, 2.45) is 0 Å². The van der Waals surface area contributed by atoms with Crippen molar-refractivity contribution >= 4 is 55.1 Å². The van der Waals surface area contributed by atoms with Crippen molar-refractivity contribution in [3.8, 4) is 0 Å². The van der Waals surface area contributed by atoms with Crippen molar-refractivity contribution in [2.45, 2.75) is 64.1 Å². The van der Waals surface area contributed by atoms with Crippen LogP contribution in [0.15, 0.2) is 30.6 Å². The van der Waals surface area contributed by atoms with E-state index < -0.39 is 107 Å². The summed E-state index contributed by atoms with van der Waals surface area (Å²) >= 11 is 0. The molecule has 1 N–H and O–H groups in total. The van der Waals surface area contributed by atoms with E-state index >= 15 is 8.78 Å². The summed E-state index contributed by atoms with van der Waals surface area (Å²) in [4.78, 5) is 20.4. The van der Waals surface area contributed by atoms with E-state index in [9.17, 15) is 48.0 Å². The molecule has 0 aliphatic carbocycles. The van der Waals surface area contributed by atoms with Gasteiger partial charge in [-0.1, -0.05) is 0 Å². The topological polar surface area (TPSA) is 136 Å². The molecule has 21 heteroatoms. The van der Waals surface area contributed by atoms with Gasteiger partial charge in [0.2, 0.25) is 20.0 Å². The highest BCUT2D eigenvalue weighted by Crippen LogP contribution is 2.38. The quantitative estimate of drug-likeness (QED) is 0.181. The Morgan fingerprint density at radius 3 is 1.89 bits per heavy atom. The number of fused-ring (bicyclic) bond motifs is 1. The van der Waals surface area contributed by atoms with E-state index in [1.54, 1.807) is 27.7 Å². The van der Waals surface area contributed by atoms with Crippen molar-refractivity contribution in [3.63, 3.8) is 0 Å². The van der Waals surface area contributed by atoms with Crippen LogP contribution in [0.4, 0.5) is 40.8 Å². The largest absolute Gasteiger partial charge is 0.496 e. The van der Waals surface area contributed by atoms with Crippen LogP contribution in [0.25, 0.3) is 11.0 Å². The lowest BCUT2D eigenvalue weighted by Gasteiger charge is -2.32. The molecule has 1 saturated heterocycles. The maximum absolute atomic E-state index is 16.0. The molecule has 1 fully saturated rings. The minimum atomic E-state index is -5.92. The number of benzene rings is 1. The summed E-state index contributed by atoms with van der Waals surface area (Å²) in [7, 11) is -12.8. The maximum Gasteiger partial charge on any atom is 0.496 e. The Balaban J connectivity index is 1.83. The molecule has 0 spiro atoms. The monoisotopic (exact) mass is 719 g/mol. The molecule has 1 aromatic carbocycles. The van der Waals surface area contributed by atoms with Gasteiger partial charge in [-0.05, 0) is 45.9 Å². The van der Waals surface area contributed by atoms with Gasteiger partial charge in [-0.15, -0.1) is 0 Å². The first kappa shape index (κ1) is 36.5. The van der Waals surface area contributed by atoms with Crippen molar-refractivity contribution in [3.05, 3.63) is 53.4 Å². The molecule has 1 aliphatic rings. The van der Waals surface area contributed by atoms with Gasteiger partial charge in [0.25, 0.3) is 0 Å². The lowest BCUT2D eigenvalue weighted by atomic mass is 9.79. The fraction of sp³-hybridized carbons (Fsp3) is 0.462. The average Bonchev–Trinajstić information content (AvgIpc) is 3.44. The highest BCUT2D eigenvalue weighted by Gasteiger charge is 2.52. The van der Waals surface area contributed by atoms with Gasteiger partial charge in [0, 0.05) is 28.8 Å². The molecule has 0 radical (unpaired) electrons. The number of anilines is 1. The number of hydrogen-bond donors (Lipinski definition) is 1. The predicted molar refractivity (Wildman–Crippen MR) is 153 cm³/mol. The molecule has 0 bridgehead atoms. The molecular weight excluding hydrogens is 693 g/mol. The van der Waals surface area contributed by atoms with Crippen LogP contribution in [0, 0.1) is 11.6 Å². The number of hydrogen-bond acceptors (Lipinski definition) is 8. The maximum atomic E-state index is 16.0. The normalized spacial score (nSPS) is 17.0. The molecule has 3 aromatic rings. The van der Waals surface area contributed by atoms with Crippen molar-refractivity contribution < 1.29 is 66.1 Å². The Labute approximate surface area is 263 Å². The summed E-state index contributed by atoms with van der Waals surface area (Å²) in [6.07, 6.45) is -12.4. The van der Waals surface area contributed by atoms with E-state index in [0.717, 1.165) is 6.20 Å². The van der Waals surface area contributed by atoms with Crippen LogP contribution in [-0.2, 0) is 29.4 Å². The fourth-order valence-electron chi connectivity index (χ4n) is 4.45. The number of aromatic nitrogens is 2. The van der Waals surface area contributed by atoms with E-state index in [0.29, 0.717) is 11.5 Å². The lowest BCUT2D eigenvalue weighted by Crippen LogP contribution is -2.42. The van der Waals surface area contributed by atoms with Gasteiger partial charge in [0.05, 0.1) is 41.1 Å². The van der Waals surface area contributed by atoms with Crippen LogP contribution in [-0.4, -0.2) is 74.8 Å². The number of carbonyl (C=O) groups is 1. The standard InChI is InChI=1S/C26H26BF8N3O7S2/c1-23(2)24(3,4)45-27(44-23)14-11-16-17(13-37-22(16)36-12-14)21(39)15-5-6-18(28)20(19(15)29)38(46(40,41)9-7-25(30,31)32)47(42,43)10-8-26(33,34)35/h5-6,11-13H,7-10H2,1-4H3,(H,36,37). The van der Waals surface area contributed by atoms with Crippen molar-refractivity contribution in [1.29, 1.82) is 0 Å². The summed E-state index contributed by atoms with van der Waals surface area (Å²) in [5.41, 5.74) is -4.76. The van der Waals surface area contributed by atoms with E-state index in [-0.39, 0.29) is 22.7 Å². The molecule has 3 heterocycles. The predicted octanol–water partition coefficient (Wildman–Crippen LogP) is 4.74. The molecule has 0 unspecified atom stereocenters. The summed E-state index contributed by atoms with van der Waals surface area (Å²) in [5.74, 6) is -9.69. The number of nitrogens with zero attached hydrogens (tertiary/aromatic N) is 2. The first-order valence-electron chi connectivity index (χ1n) is 13.5. The molecule has 0 amide bonds. The minimum Gasteiger partial charge on any atom is -0.399 e. The van der Waals surface area contributed by atoms with Gasteiger partial charge in [0.15, 0.2) is 17.4 Å². The summed E-state index contributed by atoms with van der Waals surface area (Å²) in [6, 6.07) is 2.15. The first-order valence-corrected chi connectivity index (χ1v) is 16.7. The van der Waals surface area contributed by atoms with Gasteiger partial charge in [0.1, 0.15) is 11.3 Å². The molecule has 4 rings (SSSR count). The summed E-state index contributed by atoms with van der Waals surface area (Å²) < 4.78 is 171. The van der Waals surface area contributed by atoms with Crippen LogP contribution in [0.2, 0.25) is 0 Å². The molecule has 0 atom stereocenters. The number of carbonyl (C=O) groups excluding carboxylic acids is 1.